The number of nitrogens with one attached hydrogen (secondary N) is 2. The lowest BCUT2D eigenvalue weighted by Crippen LogP contribution is -2.20. The Hall–Kier alpha value is -1.94. The molecule has 0 aromatic heterocycles. The summed E-state index contributed by atoms with van der Waals surface area (Å²) in [6.45, 7) is 2.12. The molecule has 4 nitrogen and oxygen atoms in total. The third-order valence-electron chi connectivity index (χ3n) is 4.44. The molecule has 0 radical (unpaired) electrons. The van der Waals surface area contributed by atoms with Gasteiger partial charge in [0.05, 0.1) is 0 Å². The molecule has 0 bridgehead atoms. The molecule has 0 aliphatic heterocycles. The molecule has 0 heterocycles. The summed E-state index contributed by atoms with van der Waals surface area (Å²) in [5.74, 6) is 0.373. The largest absolute Gasteiger partial charge is 0.309 e. The topological polar surface area (TPSA) is 73.2 Å². The second kappa shape index (κ2) is 7.90. The van der Waals surface area contributed by atoms with Crippen LogP contribution in [0.4, 0.5) is 0 Å². The average molecular weight is 300 g/mol. The number of amides is 1. The van der Waals surface area contributed by atoms with Gasteiger partial charge in [0.25, 0.3) is 5.91 Å². The van der Waals surface area contributed by atoms with Gasteiger partial charge in [-0.15, -0.1) is 0 Å². The van der Waals surface area contributed by atoms with Crippen LogP contribution in [0, 0.1) is 11.3 Å². The molecule has 1 aliphatic carbocycles. The molecule has 4 heteroatoms. The van der Waals surface area contributed by atoms with Crippen molar-refractivity contribution >= 4 is 17.7 Å². The number of hydroxylamine groups is 1. The first-order chi connectivity index (χ1) is 10.6. The zero-order chi connectivity index (χ0) is 15.9. The maximum absolute atomic E-state index is 11.0. The van der Waals surface area contributed by atoms with Crippen LogP contribution in [0.5, 0.6) is 0 Å². The molecule has 22 heavy (non-hydrogen) atoms. The lowest BCUT2D eigenvalue weighted by Gasteiger charge is -2.28. The van der Waals surface area contributed by atoms with Crippen LogP contribution in [0.15, 0.2) is 30.3 Å². The van der Waals surface area contributed by atoms with E-state index in [9.17, 15) is 4.79 Å². The van der Waals surface area contributed by atoms with E-state index in [1.165, 1.54) is 25.3 Å². The molecule has 118 valence electrons. The van der Waals surface area contributed by atoms with Crippen LogP contribution in [0.2, 0.25) is 0 Å². The van der Waals surface area contributed by atoms with Gasteiger partial charge in [0.2, 0.25) is 0 Å². The van der Waals surface area contributed by atoms with Crippen molar-refractivity contribution in [1.82, 2.24) is 5.48 Å². The number of rotatable bonds is 7. The number of benzene rings is 1. The quantitative estimate of drug-likeness (QED) is 0.309. The predicted molar refractivity (Wildman–Crippen MR) is 88.1 cm³/mol. The van der Waals surface area contributed by atoms with Crippen LogP contribution in [0.25, 0.3) is 6.08 Å². The van der Waals surface area contributed by atoms with Gasteiger partial charge in [0.1, 0.15) is 0 Å². The van der Waals surface area contributed by atoms with E-state index in [1.807, 2.05) is 24.3 Å². The van der Waals surface area contributed by atoms with Gasteiger partial charge in [-0.1, -0.05) is 50.5 Å². The molecule has 3 N–H and O–H groups in total. The summed E-state index contributed by atoms with van der Waals surface area (Å²) < 4.78 is 0. The highest BCUT2D eigenvalue weighted by atomic mass is 16.5. The second-order valence-corrected chi connectivity index (χ2v) is 5.96. The lowest BCUT2D eigenvalue weighted by atomic mass is 9.78. The summed E-state index contributed by atoms with van der Waals surface area (Å²) in [6, 6.07) is 7.94. The molecule has 1 fully saturated rings. The average Bonchev–Trinajstić information content (AvgIpc) is 2.50. The van der Waals surface area contributed by atoms with E-state index in [-0.39, 0.29) is 5.92 Å². The summed E-state index contributed by atoms with van der Waals surface area (Å²) in [5.41, 5.74) is 4.47. The normalized spacial score (nSPS) is 16.3. The SMILES string of the molecule is CC[C@H](C(=N)CC1CCC1)c1ccc(/C=C/C(=O)NO)cc1. The van der Waals surface area contributed by atoms with Crippen molar-refractivity contribution in [3.05, 3.63) is 41.5 Å². The first-order valence-electron chi connectivity index (χ1n) is 7.93. The Bertz CT molecular complexity index is 545. The van der Waals surface area contributed by atoms with Gasteiger partial charge in [0.15, 0.2) is 0 Å². The van der Waals surface area contributed by atoms with Crippen molar-refractivity contribution in [1.29, 1.82) is 5.41 Å². The van der Waals surface area contributed by atoms with Crippen molar-refractivity contribution in [3.8, 4) is 0 Å². The van der Waals surface area contributed by atoms with Gasteiger partial charge in [-0.2, -0.15) is 0 Å². The minimum absolute atomic E-state index is 0.194. The lowest BCUT2D eigenvalue weighted by molar-refractivity contribution is -0.124. The molecule has 2 rings (SSSR count). The first-order valence-corrected chi connectivity index (χ1v) is 7.93. The molecule has 1 aromatic rings. The highest BCUT2D eigenvalue weighted by molar-refractivity contribution is 5.91. The smallest absolute Gasteiger partial charge is 0.267 e. The number of hydrogen-bond donors (Lipinski definition) is 3. The summed E-state index contributed by atoms with van der Waals surface area (Å²) in [4.78, 5) is 11.0. The molecule has 0 saturated heterocycles. The highest BCUT2D eigenvalue weighted by Gasteiger charge is 2.23. The molecule has 1 aromatic carbocycles. The van der Waals surface area contributed by atoms with Gasteiger partial charge >= 0.3 is 0 Å². The molecule has 0 spiro atoms. The van der Waals surface area contributed by atoms with Gasteiger partial charge in [-0.05, 0) is 36.0 Å². The van der Waals surface area contributed by atoms with Crippen molar-refractivity contribution in [2.75, 3.05) is 0 Å². The minimum Gasteiger partial charge on any atom is -0.309 e. The fourth-order valence-corrected chi connectivity index (χ4v) is 2.88. The Labute approximate surface area is 131 Å². The van der Waals surface area contributed by atoms with Crippen molar-refractivity contribution in [2.24, 2.45) is 5.92 Å². The number of hydrogen-bond acceptors (Lipinski definition) is 3. The van der Waals surface area contributed by atoms with Gasteiger partial charge in [0, 0.05) is 17.7 Å². The summed E-state index contributed by atoms with van der Waals surface area (Å²) in [6.07, 6.45) is 8.66. The minimum atomic E-state index is -0.544. The molecule has 1 amide bonds. The van der Waals surface area contributed by atoms with E-state index in [4.69, 9.17) is 10.6 Å². The van der Waals surface area contributed by atoms with Crippen LogP contribution >= 0.6 is 0 Å². The van der Waals surface area contributed by atoms with E-state index in [1.54, 1.807) is 11.6 Å². The van der Waals surface area contributed by atoms with E-state index in [0.717, 1.165) is 35.6 Å². The van der Waals surface area contributed by atoms with Gasteiger partial charge in [-0.25, -0.2) is 5.48 Å². The van der Waals surface area contributed by atoms with Crippen molar-refractivity contribution in [2.45, 2.75) is 44.9 Å². The Kier molecular flexibility index (Phi) is 5.90. The van der Waals surface area contributed by atoms with Crippen LogP contribution < -0.4 is 5.48 Å². The molecule has 0 unspecified atom stereocenters. The van der Waals surface area contributed by atoms with Crippen molar-refractivity contribution < 1.29 is 10.0 Å². The highest BCUT2D eigenvalue weighted by Crippen LogP contribution is 2.33. The maximum Gasteiger partial charge on any atom is 0.267 e. The predicted octanol–water partition coefficient (Wildman–Crippen LogP) is 3.91. The molecule has 1 saturated carbocycles. The standard InChI is InChI=1S/C18H24N2O2/c1-2-16(17(19)12-14-4-3-5-14)15-9-6-13(7-10-15)8-11-18(21)20-22/h6-11,14,16,19,22H,2-5,12H2,1H3,(H,20,21)/b11-8+,19-17?/t16-/m0/s1. The number of carbonyl (C=O) groups excluding carboxylic acids is 1. The third-order valence-corrected chi connectivity index (χ3v) is 4.44. The van der Waals surface area contributed by atoms with Gasteiger partial charge < -0.3 is 5.41 Å². The zero-order valence-corrected chi connectivity index (χ0v) is 13.0. The van der Waals surface area contributed by atoms with E-state index >= 15 is 0 Å². The fraction of sp³-hybridized carbons (Fsp3) is 0.444. The van der Waals surface area contributed by atoms with Gasteiger partial charge in [-0.3, -0.25) is 10.0 Å². The van der Waals surface area contributed by atoms with E-state index in [2.05, 4.69) is 6.92 Å². The Morgan fingerprint density at radius 3 is 2.59 bits per heavy atom. The summed E-state index contributed by atoms with van der Waals surface area (Å²) in [7, 11) is 0. The Morgan fingerprint density at radius 2 is 2.09 bits per heavy atom. The Morgan fingerprint density at radius 1 is 1.41 bits per heavy atom. The zero-order valence-electron chi connectivity index (χ0n) is 13.0. The van der Waals surface area contributed by atoms with Crippen LogP contribution in [0.1, 0.15) is 56.1 Å². The molecule has 1 aliphatic rings. The fourth-order valence-electron chi connectivity index (χ4n) is 2.88. The van der Waals surface area contributed by atoms with E-state index in [0.29, 0.717) is 0 Å². The molecular formula is C18H24N2O2. The molecule has 1 atom stereocenters. The maximum atomic E-state index is 11.0. The second-order valence-electron chi connectivity index (χ2n) is 5.96. The first kappa shape index (κ1) is 16.4. The monoisotopic (exact) mass is 300 g/mol. The summed E-state index contributed by atoms with van der Waals surface area (Å²) in [5, 5.41) is 16.8. The van der Waals surface area contributed by atoms with Crippen molar-refractivity contribution in [3.63, 3.8) is 0 Å². The van der Waals surface area contributed by atoms with Crippen LogP contribution in [-0.4, -0.2) is 16.8 Å². The Balaban J connectivity index is 2.01. The number of carbonyl (C=O) groups is 1. The van der Waals surface area contributed by atoms with Crippen LogP contribution in [-0.2, 0) is 4.79 Å². The van der Waals surface area contributed by atoms with Crippen LogP contribution in [0.3, 0.4) is 0 Å². The summed E-state index contributed by atoms with van der Waals surface area (Å²) >= 11 is 0. The molecular weight excluding hydrogens is 276 g/mol. The third kappa shape index (κ3) is 4.28. The van der Waals surface area contributed by atoms with E-state index < -0.39 is 5.91 Å².